The van der Waals surface area contributed by atoms with E-state index in [1.165, 1.54) is 0 Å². The quantitative estimate of drug-likeness (QED) is 0.750. The molecule has 3 nitrogen and oxygen atoms in total. The lowest BCUT2D eigenvalue weighted by atomic mass is 9.91. The Bertz CT molecular complexity index is 393. The van der Waals surface area contributed by atoms with E-state index in [0.29, 0.717) is 6.61 Å². The van der Waals surface area contributed by atoms with Gasteiger partial charge in [-0.1, -0.05) is 19.1 Å². The van der Waals surface area contributed by atoms with Crippen molar-refractivity contribution in [2.45, 2.75) is 33.8 Å². The summed E-state index contributed by atoms with van der Waals surface area (Å²) in [6.07, 6.45) is 0.783. The normalized spacial score (nSPS) is 11.2. The zero-order chi connectivity index (χ0) is 13.8. The molecule has 0 N–H and O–H groups in total. The molecule has 0 saturated heterocycles. The van der Waals surface area contributed by atoms with Gasteiger partial charge in [-0.2, -0.15) is 0 Å². The van der Waals surface area contributed by atoms with Crippen LogP contribution < -0.4 is 4.90 Å². The highest BCUT2D eigenvalue weighted by Crippen LogP contribution is 2.22. The molecule has 0 amide bonds. The van der Waals surface area contributed by atoms with Crippen molar-refractivity contribution in [1.29, 1.82) is 0 Å². The molecule has 0 radical (unpaired) electrons. The van der Waals surface area contributed by atoms with Gasteiger partial charge in [0.25, 0.3) is 0 Å². The molecule has 0 heterocycles. The van der Waals surface area contributed by atoms with Crippen LogP contribution in [0.3, 0.4) is 0 Å². The molecule has 3 heteroatoms. The predicted octanol–water partition coefficient (Wildman–Crippen LogP) is 3.23. The SMILES string of the molecule is CCC(C)(C)C(=O)OCc1ccc(N(C)C)cc1. The summed E-state index contributed by atoms with van der Waals surface area (Å²) in [6, 6.07) is 8.02. The number of nitrogens with zero attached hydrogens (tertiary/aromatic N) is 1. The van der Waals surface area contributed by atoms with Crippen LogP contribution in [0.2, 0.25) is 0 Å². The summed E-state index contributed by atoms with van der Waals surface area (Å²) in [5.41, 5.74) is 1.75. The van der Waals surface area contributed by atoms with Gasteiger partial charge in [0, 0.05) is 19.8 Å². The lowest BCUT2D eigenvalue weighted by Gasteiger charge is -2.20. The minimum atomic E-state index is -0.399. The maximum absolute atomic E-state index is 11.8. The van der Waals surface area contributed by atoms with Crippen molar-refractivity contribution in [3.63, 3.8) is 0 Å². The molecule has 0 aliphatic carbocycles. The predicted molar refractivity (Wildman–Crippen MR) is 74.6 cm³/mol. The third-order valence-corrected chi connectivity index (χ3v) is 3.26. The summed E-state index contributed by atoms with van der Waals surface area (Å²) < 4.78 is 5.33. The van der Waals surface area contributed by atoms with Crippen LogP contribution in [0.4, 0.5) is 5.69 Å². The van der Waals surface area contributed by atoms with Crippen molar-refractivity contribution in [2.24, 2.45) is 5.41 Å². The standard InChI is InChI=1S/C15H23NO2/c1-6-15(2,3)14(17)18-11-12-7-9-13(10-8-12)16(4)5/h7-10H,6,11H2,1-5H3. The first kappa shape index (κ1) is 14.6. The van der Waals surface area contributed by atoms with Gasteiger partial charge in [-0.15, -0.1) is 0 Å². The first-order valence-corrected chi connectivity index (χ1v) is 6.30. The second-order valence-electron chi connectivity index (χ2n) is 5.37. The number of carbonyl (C=O) groups is 1. The molecule has 100 valence electrons. The van der Waals surface area contributed by atoms with Crippen LogP contribution in [0.25, 0.3) is 0 Å². The van der Waals surface area contributed by atoms with Crippen LogP contribution in [0.1, 0.15) is 32.8 Å². The Morgan fingerprint density at radius 2 is 1.78 bits per heavy atom. The van der Waals surface area contributed by atoms with Crippen LogP contribution in [-0.2, 0) is 16.1 Å². The minimum absolute atomic E-state index is 0.137. The van der Waals surface area contributed by atoms with E-state index in [9.17, 15) is 4.79 Å². The molecule has 0 spiro atoms. The molecule has 0 fully saturated rings. The molecule has 0 atom stereocenters. The second-order valence-corrected chi connectivity index (χ2v) is 5.37. The number of carbonyl (C=O) groups excluding carboxylic acids is 1. The second kappa shape index (κ2) is 5.89. The van der Waals surface area contributed by atoms with Crippen LogP contribution in [0, 0.1) is 5.41 Å². The summed E-state index contributed by atoms with van der Waals surface area (Å²) >= 11 is 0. The molecule has 0 unspecified atom stereocenters. The molecule has 1 aromatic rings. The number of benzene rings is 1. The number of ether oxygens (including phenoxy) is 1. The molecule has 18 heavy (non-hydrogen) atoms. The van der Waals surface area contributed by atoms with E-state index in [4.69, 9.17) is 4.74 Å². The third-order valence-electron chi connectivity index (χ3n) is 3.26. The van der Waals surface area contributed by atoms with Crippen molar-refractivity contribution in [3.05, 3.63) is 29.8 Å². The van der Waals surface area contributed by atoms with Crippen LogP contribution >= 0.6 is 0 Å². The number of hydrogen-bond donors (Lipinski definition) is 0. The maximum Gasteiger partial charge on any atom is 0.311 e. The zero-order valence-corrected chi connectivity index (χ0v) is 12.0. The molecule has 0 saturated carbocycles. The zero-order valence-electron chi connectivity index (χ0n) is 12.0. The summed E-state index contributed by atoms with van der Waals surface area (Å²) in [7, 11) is 4.00. The van der Waals surface area contributed by atoms with Crippen LogP contribution in [0.15, 0.2) is 24.3 Å². The average Bonchev–Trinajstić information content (AvgIpc) is 2.36. The van der Waals surface area contributed by atoms with E-state index in [1.54, 1.807) is 0 Å². The highest BCUT2D eigenvalue weighted by Gasteiger charge is 2.26. The van der Waals surface area contributed by atoms with Gasteiger partial charge in [0.05, 0.1) is 5.41 Å². The van der Waals surface area contributed by atoms with Crippen molar-refractivity contribution in [3.8, 4) is 0 Å². The minimum Gasteiger partial charge on any atom is -0.460 e. The molecule has 0 aromatic heterocycles. The maximum atomic E-state index is 11.8. The van der Waals surface area contributed by atoms with Crippen molar-refractivity contribution in [2.75, 3.05) is 19.0 Å². The van der Waals surface area contributed by atoms with Gasteiger partial charge in [-0.25, -0.2) is 0 Å². The van der Waals surface area contributed by atoms with Crippen molar-refractivity contribution < 1.29 is 9.53 Å². The van der Waals surface area contributed by atoms with Gasteiger partial charge in [-0.05, 0) is 38.0 Å². The molecule has 0 aliphatic heterocycles. The Labute approximate surface area is 110 Å². The van der Waals surface area contributed by atoms with Crippen molar-refractivity contribution in [1.82, 2.24) is 0 Å². The van der Waals surface area contributed by atoms with Gasteiger partial charge in [0.2, 0.25) is 0 Å². The lowest BCUT2D eigenvalue weighted by molar-refractivity contribution is -0.155. The van der Waals surface area contributed by atoms with E-state index in [-0.39, 0.29) is 5.97 Å². The van der Waals surface area contributed by atoms with Gasteiger partial charge in [0.1, 0.15) is 6.61 Å². The Balaban J connectivity index is 2.57. The fourth-order valence-electron chi connectivity index (χ4n) is 1.38. The molecular weight excluding hydrogens is 226 g/mol. The van der Waals surface area contributed by atoms with Gasteiger partial charge >= 0.3 is 5.97 Å². The van der Waals surface area contributed by atoms with E-state index in [1.807, 2.05) is 64.0 Å². The number of hydrogen-bond acceptors (Lipinski definition) is 3. The first-order chi connectivity index (χ1) is 8.36. The van der Waals surface area contributed by atoms with E-state index in [0.717, 1.165) is 17.7 Å². The number of anilines is 1. The van der Waals surface area contributed by atoms with Gasteiger partial charge in [-0.3, -0.25) is 4.79 Å². The van der Waals surface area contributed by atoms with Gasteiger partial charge in [0.15, 0.2) is 0 Å². The lowest BCUT2D eigenvalue weighted by Crippen LogP contribution is -2.25. The molecule has 0 bridgehead atoms. The molecule has 0 aliphatic rings. The fourth-order valence-corrected chi connectivity index (χ4v) is 1.38. The smallest absolute Gasteiger partial charge is 0.311 e. The summed E-state index contributed by atoms with van der Waals surface area (Å²) in [5.74, 6) is -0.137. The first-order valence-electron chi connectivity index (χ1n) is 6.30. The molecule has 1 aromatic carbocycles. The third kappa shape index (κ3) is 3.76. The number of rotatable bonds is 5. The van der Waals surface area contributed by atoms with Crippen LogP contribution in [-0.4, -0.2) is 20.1 Å². The summed E-state index contributed by atoms with van der Waals surface area (Å²) in [6.45, 7) is 6.15. The summed E-state index contributed by atoms with van der Waals surface area (Å²) in [4.78, 5) is 13.9. The van der Waals surface area contributed by atoms with Crippen molar-refractivity contribution >= 4 is 11.7 Å². The molecular formula is C15H23NO2. The van der Waals surface area contributed by atoms with E-state index in [2.05, 4.69) is 0 Å². The Hall–Kier alpha value is -1.51. The van der Waals surface area contributed by atoms with E-state index >= 15 is 0 Å². The Kier molecular flexibility index (Phi) is 4.76. The topological polar surface area (TPSA) is 29.5 Å². The fraction of sp³-hybridized carbons (Fsp3) is 0.533. The highest BCUT2D eigenvalue weighted by molar-refractivity contribution is 5.75. The summed E-state index contributed by atoms with van der Waals surface area (Å²) in [5, 5.41) is 0. The Morgan fingerprint density at radius 1 is 1.22 bits per heavy atom. The average molecular weight is 249 g/mol. The Morgan fingerprint density at radius 3 is 2.22 bits per heavy atom. The van der Waals surface area contributed by atoms with Gasteiger partial charge < -0.3 is 9.64 Å². The molecule has 1 rings (SSSR count). The van der Waals surface area contributed by atoms with E-state index < -0.39 is 5.41 Å². The largest absolute Gasteiger partial charge is 0.460 e. The van der Waals surface area contributed by atoms with Crippen LogP contribution in [0.5, 0.6) is 0 Å². The number of esters is 1. The highest BCUT2D eigenvalue weighted by atomic mass is 16.5. The monoisotopic (exact) mass is 249 g/mol.